The maximum absolute atomic E-state index is 13.1. The van der Waals surface area contributed by atoms with Crippen molar-refractivity contribution in [2.45, 2.75) is 39.2 Å². The van der Waals surface area contributed by atoms with E-state index >= 15 is 0 Å². The normalized spacial score (nSPS) is 15.3. The summed E-state index contributed by atoms with van der Waals surface area (Å²) in [6, 6.07) is 10.6. The zero-order valence-electron chi connectivity index (χ0n) is 17.3. The van der Waals surface area contributed by atoms with Gasteiger partial charge >= 0.3 is 0 Å². The van der Waals surface area contributed by atoms with E-state index < -0.39 is 0 Å². The van der Waals surface area contributed by atoms with E-state index in [2.05, 4.69) is 53.1 Å². The zero-order chi connectivity index (χ0) is 20.2. The molecule has 3 aromatic rings. The first-order valence-corrected chi connectivity index (χ1v) is 10.6. The lowest BCUT2D eigenvalue weighted by atomic mass is 9.89. The molecule has 0 N–H and O–H groups in total. The summed E-state index contributed by atoms with van der Waals surface area (Å²) in [7, 11) is 0. The Hall–Kier alpha value is -2.73. The molecule has 152 valence electrons. The molecule has 4 rings (SSSR count). The van der Waals surface area contributed by atoms with E-state index in [1.54, 1.807) is 10.7 Å². The number of carbonyl (C=O) groups is 1. The van der Waals surface area contributed by atoms with E-state index in [0.717, 1.165) is 51.1 Å². The van der Waals surface area contributed by atoms with Gasteiger partial charge in [0.1, 0.15) is 5.56 Å². The lowest BCUT2D eigenvalue weighted by Gasteiger charge is -2.32. The van der Waals surface area contributed by atoms with Gasteiger partial charge in [-0.3, -0.25) is 9.69 Å². The van der Waals surface area contributed by atoms with E-state index in [0.29, 0.717) is 17.1 Å². The number of amides is 1. The van der Waals surface area contributed by atoms with Gasteiger partial charge in [-0.1, -0.05) is 44.2 Å². The van der Waals surface area contributed by atoms with Gasteiger partial charge in [0.25, 0.3) is 5.91 Å². The van der Waals surface area contributed by atoms with Crippen molar-refractivity contribution in [2.24, 2.45) is 0 Å². The van der Waals surface area contributed by atoms with Crippen LogP contribution in [-0.4, -0.2) is 56.5 Å². The first-order chi connectivity index (χ1) is 14.2. The molecule has 1 aliphatic rings. The van der Waals surface area contributed by atoms with E-state index in [4.69, 9.17) is 0 Å². The largest absolute Gasteiger partial charge is 0.338 e. The third-order valence-corrected chi connectivity index (χ3v) is 5.99. The van der Waals surface area contributed by atoms with Crippen molar-refractivity contribution < 1.29 is 4.79 Å². The Labute approximate surface area is 172 Å². The number of benzene rings is 1. The van der Waals surface area contributed by atoms with E-state index in [-0.39, 0.29) is 5.91 Å². The van der Waals surface area contributed by atoms with Crippen molar-refractivity contribution >= 4 is 11.6 Å². The average Bonchev–Trinajstić information content (AvgIpc) is 3.21. The van der Waals surface area contributed by atoms with Crippen LogP contribution in [0.15, 0.2) is 48.9 Å². The second kappa shape index (κ2) is 8.74. The molecule has 0 aliphatic carbocycles. The summed E-state index contributed by atoms with van der Waals surface area (Å²) in [5.41, 5.74) is 3.71. The van der Waals surface area contributed by atoms with Gasteiger partial charge in [-0.25, -0.2) is 9.50 Å². The van der Waals surface area contributed by atoms with Crippen LogP contribution in [0, 0.1) is 0 Å². The van der Waals surface area contributed by atoms with Crippen LogP contribution in [0.2, 0.25) is 0 Å². The summed E-state index contributed by atoms with van der Waals surface area (Å²) < 4.78 is 1.74. The number of hydrogen-bond donors (Lipinski definition) is 0. The molecule has 1 aromatic carbocycles. The molecule has 0 bridgehead atoms. The molecule has 6 nitrogen and oxygen atoms in total. The first kappa shape index (κ1) is 19.6. The summed E-state index contributed by atoms with van der Waals surface area (Å²) in [5, 5.41) is 4.40. The topological polar surface area (TPSA) is 53.7 Å². The van der Waals surface area contributed by atoms with E-state index in [1.807, 2.05) is 23.4 Å². The number of aromatic nitrogens is 3. The molecule has 1 amide bonds. The van der Waals surface area contributed by atoms with Gasteiger partial charge in [-0.15, -0.1) is 0 Å². The van der Waals surface area contributed by atoms with Crippen molar-refractivity contribution in [3.05, 3.63) is 65.6 Å². The van der Waals surface area contributed by atoms with Crippen molar-refractivity contribution in [1.82, 2.24) is 24.4 Å². The SMILES string of the molecule is CCN(CC)Cc1cnc2c(C(=O)N3CCC(c4ccccc4)CC3)cnn2c1. The average molecular weight is 392 g/mol. The Kier molecular flexibility index (Phi) is 5.90. The molecule has 0 radical (unpaired) electrons. The smallest absolute Gasteiger partial charge is 0.259 e. The van der Waals surface area contributed by atoms with Crippen molar-refractivity contribution in [1.29, 1.82) is 0 Å². The summed E-state index contributed by atoms with van der Waals surface area (Å²) in [4.78, 5) is 21.9. The van der Waals surface area contributed by atoms with E-state index in [1.165, 1.54) is 5.56 Å². The number of rotatable bonds is 6. The van der Waals surface area contributed by atoms with Gasteiger partial charge in [0.2, 0.25) is 0 Å². The number of nitrogens with zero attached hydrogens (tertiary/aromatic N) is 5. The molecular formula is C23H29N5O. The molecule has 1 aliphatic heterocycles. The van der Waals surface area contributed by atoms with Crippen molar-refractivity contribution in [2.75, 3.05) is 26.2 Å². The van der Waals surface area contributed by atoms with Gasteiger partial charge in [0, 0.05) is 37.6 Å². The van der Waals surface area contributed by atoms with Gasteiger partial charge in [0.15, 0.2) is 5.65 Å². The minimum atomic E-state index is 0.0375. The Morgan fingerprint density at radius 1 is 1.10 bits per heavy atom. The third-order valence-electron chi connectivity index (χ3n) is 5.99. The van der Waals surface area contributed by atoms with Gasteiger partial charge in [0.05, 0.1) is 6.20 Å². The molecule has 2 aromatic heterocycles. The van der Waals surface area contributed by atoms with Crippen LogP contribution < -0.4 is 0 Å². The Balaban J connectivity index is 1.45. The number of piperidine rings is 1. The Bertz CT molecular complexity index is 956. The summed E-state index contributed by atoms with van der Waals surface area (Å²) in [6.45, 7) is 8.69. The first-order valence-electron chi connectivity index (χ1n) is 10.6. The predicted octanol–water partition coefficient (Wildman–Crippen LogP) is 3.59. The predicted molar refractivity (Wildman–Crippen MR) is 114 cm³/mol. The highest BCUT2D eigenvalue weighted by Gasteiger charge is 2.26. The van der Waals surface area contributed by atoms with E-state index in [9.17, 15) is 4.79 Å². The van der Waals surface area contributed by atoms with Crippen LogP contribution in [0.5, 0.6) is 0 Å². The maximum Gasteiger partial charge on any atom is 0.259 e. The molecule has 6 heteroatoms. The summed E-state index contributed by atoms with van der Waals surface area (Å²) in [5.74, 6) is 0.570. The molecule has 1 saturated heterocycles. The number of likely N-dealkylation sites (tertiary alicyclic amines) is 1. The fraction of sp³-hybridized carbons (Fsp3) is 0.435. The molecule has 0 saturated carbocycles. The number of carbonyl (C=O) groups excluding carboxylic acids is 1. The minimum Gasteiger partial charge on any atom is -0.338 e. The fourth-order valence-corrected chi connectivity index (χ4v) is 4.16. The second-order valence-corrected chi connectivity index (χ2v) is 7.73. The molecule has 1 fully saturated rings. The molecule has 29 heavy (non-hydrogen) atoms. The fourth-order valence-electron chi connectivity index (χ4n) is 4.16. The summed E-state index contributed by atoms with van der Waals surface area (Å²) in [6.07, 6.45) is 7.51. The highest BCUT2D eigenvalue weighted by molar-refractivity contribution is 5.99. The second-order valence-electron chi connectivity index (χ2n) is 7.73. The van der Waals surface area contributed by atoms with Crippen LogP contribution in [0.3, 0.4) is 0 Å². The molecular weight excluding hydrogens is 362 g/mol. The van der Waals surface area contributed by atoms with Gasteiger partial charge < -0.3 is 4.90 Å². The van der Waals surface area contributed by atoms with Crippen LogP contribution >= 0.6 is 0 Å². The highest BCUT2D eigenvalue weighted by Crippen LogP contribution is 2.28. The Morgan fingerprint density at radius 2 is 1.83 bits per heavy atom. The number of hydrogen-bond acceptors (Lipinski definition) is 4. The molecule has 0 atom stereocenters. The lowest BCUT2D eigenvalue weighted by Crippen LogP contribution is -2.37. The van der Waals surface area contributed by atoms with Gasteiger partial charge in [-0.2, -0.15) is 5.10 Å². The summed E-state index contributed by atoms with van der Waals surface area (Å²) >= 11 is 0. The van der Waals surface area contributed by atoms with Crippen molar-refractivity contribution in [3.8, 4) is 0 Å². The van der Waals surface area contributed by atoms with Crippen LogP contribution in [-0.2, 0) is 6.54 Å². The van der Waals surface area contributed by atoms with Crippen LogP contribution in [0.4, 0.5) is 0 Å². The quantitative estimate of drug-likeness (QED) is 0.644. The van der Waals surface area contributed by atoms with Crippen LogP contribution in [0.1, 0.15) is 54.1 Å². The molecule has 3 heterocycles. The number of fused-ring (bicyclic) bond motifs is 1. The van der Waals surface area contributed by atoms with Crippen LogP contribution in [0.25, 0.3) is 5.65 Å². The third kappa shape index (κ3) is 4.17. The monoisotopic (exact) mass is 391 g/mol. The molecule has 0 spiro atoms. The van der Waals surface area contributed by atoms with Gasteiger partial charge in [-0.05, 0) is 37.4 Å². The standard InChI is InChI=1S/C23H29N5O/c1-3-26(4-2)16-18-14-24-22-21(15-25-28(22)17-18)23(29)27-12-10-20(11-13-27)19-8-6-5-7-9-19/h5-9,14-15,17,20H,3-4,10-13,16H2,1-2H3. The minimum absolute atomic E-state index is 0.0375. The Morgan fingerprint density at radius 3 is 2.52 bits per heavy atom. The zero-order valence-corrected chi connectivity index (χ0v) is 17.3. The lowest BCUT2D eigenvalue weighted by molar-refractivity contribution is 0.0714. The molecule has 0 unspecified atom stereocenters. The maximum atomic E-state index is 13.1. The van der Waals surface area contributed by atoms with Crippen molar-refractivity contribution in [3.63, 3.8) is 0 Å². The highest BCUT2D eigenvalue weighted by atomic mass is 16.2.